The summed E-state index contributed by atoms with van der Waals surface area (Å²) in [6.07, 6.45) is 1.66. The van der Waals surface area contributed by atoms with Crippen molar-refractivity contribution in [1.82, 2.24) is 0 Å². The van der Waals surface area contributed by atoms with E-state index in [1.807, 2.05) is 42.5 Å². The molecule has 0 saturated carbocycles. The minimum absolute atomic E-state index is 0.233. The minimum atomic E-state index is -0.298. The Bertz CT molecular complexity index is 606. The Morgan fingerprint density at radius 3 is 2.35 bits per heavy atom. The summed E-state index contributed by atoms with van der Waals surface area (Å²) in [7, 11) is 1.46. The molecule has 0 radical (unpaired) electrons. The molecule has 2 aromatic rings. The van der Waals surface area contributed by atoms with E-state index in [0.29, 0.717) is 5.02 Å². The first-order chi connectivity index (χ1) is 9.69. The van der Waals surface area contributed by atoms with Crippen molar-refractivity contribution in [3.8, 4) is 0 Å². The lowest BCUT2D eigenvalue weighted by Crippen LogP contribution is -2.15. The number of carbonyl (C=O) groups is 1. The van der Waals surface area contributed by atoms with Crippen LogP contribution in [0.3, 0.4) is 0 Å². The number of amides is 1. The highest BCUT2D eigenvalue weighted by Crippen LogP contribution is 2.14. The number of anilines is 1. The van der Waals surface area contributed by atoms with E-state index >= 15 is 0 Å². The molecular weight excluding hydrogens is 274 g/mol. The lowest BCUT2D eigenvalue weighted by molar-refractivity contribution is -0.115. The molecular formula is C16H14ClNO2. The third kappa shape index (κ3) is 3.87. The average molecular weight is 288 g/mol. The lowest BCUT2D eigenvalue weighted by atomic mass is 10.2. The second-order valence-corrected chi connectivity index (χ2v) is 4.52. The number of carbonyl (C=O) groups excluding carboxylic acids is 1. The molecule has 0 atom stereocenters. The molecule has 0 unspecified atom stereocenters. The molecule has 102 valence electrons. The molecule has 0 spiro atoms. The van der Waals surface area contributed by atoms with Crippen molar-refractivity contribution in [2.24, 2.45) is 0 Å². The van der Waals surface area contributed by atoms with Crippen molar-refractivity contribution in [2.45, 2.75) is 0 Å². The van der Waals surface area contributed by atoms with E-state index in [0.717, 1.165) is 11.3 Å². The van der Waals surface area contributed by atoms with Gasteiger partial charge in [0.25, 0.3) is 5.91 Å². The lowest BCUT2D eigenvalue weighted by Gasteiger charge is -2.08. The fourth-order valence-electron chi connectivity index (χ4n) is 1.64. The molecule has 0 aliphatic heterocycles. The highest BCUT2D eigenvalue weighted by atomic mass is 35.5. The molecule has 0 bridgehead atoms. The van der Waals surface area contributed by atoms with Crippen LogP contribution in [0.25, 0.3) is 6.08 Å². The van der Waals surface area contributed by atoms with Gasteiger partial charge in [0.1, 0.15) is 0 Å². The van der Waals surface area contributed by atoms with E-state index in [1.165, 1.54) is 7.11 Å². The van der Waals surface area contributed by atoms with Crippen LogP contribution in [0, 0.1) is 0 Å². The summed E-state index contributed by atoms with van der Waals surface area (Å²) in [5.74, 6) is -0.0650. The first-order valence-electron chi connectivity index (χ1n) is 6.06. The summed E-state index contributed by atoms with van der Waals surface area (Å²) in [5, 5.41) is 3.41. The van der Waals surface area contributed by atoms with Crippen molar-refractivity contribution in [1.29, 1.82) is 0 Å². The molecule has 0 aliphatic rings. The predicted molar refractivity (Wildman–Crippen MR) is 81.5 cm³/mol. The fourth-order valence-corrected chi connectivity index (χ4v) is 1.77. The number of benzene rings is 2. The Balaban J connectivity index is 2.15. The Morgan fingerprint density at radius 1 is 1.10 bits per heavy atom. The summed E-state index contributed by atoms with van der Waals surface area (Å²) >= 11 is 5.82. The number of rotatable bonds is 4. The quantitative estimate of drug-likeness (QED) is 0.683. The van der Waals surface area contributed by atoms with Crippen LogP contribution in [0.5, 0.6) is 0 Å². The Morgan fingerprint density at radius 2 is 1.75 bits per heavy atom. The molecule has 0 aliphatic carbocycles. The summed E-state index contributed by atoms with van der Waals surface area (Å²) in [6, 6.07) is 16.4. The second-order valence-electron chi connectivity index (χ2n) is 4.08. The standard InChI is InChI=1S/C16H14ClNO2/c1-20-15(11-12-7-9-13(17)10-8-12)16(19)18-14-5-3-2-4-6-14/h2-11H,1H3,(H,18,19)/b15-11-. The van der Waals surface area contributed by atoms with Crippen molar-refractivity contribution >= 4 is 29.3 Å². The van der Waals surface area contributed by atoms with Crippen LogP contribution in [0.15, 0.2) is 60.4 Å². The molecule has 1 N–H and O–H groups in total. The average Bonchev–Trinajstić information content (AvgIpc) is 2.47. The third-order valence-electron chi connectivity index (χ3n) is 2.64. The van der Waals surface area contributed by atoms with Crippen LogP contribution in [-0.4, -0.2) is 13.0 Å². The molecule has 0 aromatic heterocycles. The number of nitrogens with one attached hydrogen (secondary N) is 1. The highest BCUT2D eigenvalue weighted by molar-refractivity contribution is 6.30. The summed E-state index contributed by atoms with van der Waals surface area (Å²) in [6.45, 7) is 0. The molecule has 20 heavy (non-hydrogen) atoms. The Labute approximate surface area is 122 Å². The maximum atomic E-state index is 12.1. The van der Waals surface area contributed by atoms with Gasteiger partial charge >= 0.3 is 0 Å². The Hall–Kier alpha value is -2.26. The topological polar surface area (TPSA) is 38.3 Å². The molecule has 0 heterocycles. The minimum Gasteiger partial charge on any atom is -0.491 e. The number of methoxy groups -OCH3 is 1. The van der Waals surface area contributed by atoms with Gasteiger partial charge in [0.2, 0.25) is 0 Å². The summed E-state index contributed by atoms with van der Waals surface area (Å²) < 4.78 is 5.13. The van der Waals surface area contributed by atoms with E-state index in [4.69, 9.17) is 16.3 Å². The van der Waals surface area contributed by atoms with E-state index in [-0.39, 0.29) is 11.7 Å². The van der Waals surface area contributed by atoms with Crippen molar-refractivity contribution < 1.29 is 9.53 Å². The van der Waals surface area contributed by atoms with Gasteiger partial charge in [-0.25, -0.2) is 0 Å². The van der Waals surface area contributed by atoms with Gasteiger partial charge in [-0.2, -0.15) is 0 Å². The highest BCUT2D eigenvalue weighted by Gasteiger charge is 2.10. The van der Waals surface area contributed by atoms with Gasteiger partial charge in [-0.15, -0.1) is 0 Å². The van der Waals surface area contributed by atoms with Crippen LogP contribution < -0.4 is 5.32 Å². The van der Waals surface area contributed by atoms with Gasteiger partial charge in [-0.05, 0) is 35.9 Å². The normalized spacial score (nSPS) is 11.0. The van der Waals surface area contributed by atoms with E-state index in [1.54, 1.807) is 18.2 Å². The SMILES string of the molecule is CO/C(=C\c1ccc(Cl)cc1)C(=O)Nc1ccccc1. The van der Waals surface area contributed by atoms with Gasteiger partial charge in [0.15, 0.2) is 5.76 Å². The first kappa shape index (κ1) is 14.2. The van der Waals surface area contributed by atoms with Gasteiger partial charge < -0.3 is 10.1 Å². The first-order valence-corrected chi connectivity index (χ1v) is 6.44. The van der Waals surface area contributed by atoms with E-state index in [2.05, 4.69) is 5.32 Å². The van der Waals surface area contributed by atoms with Gasteiger partial charge in [0, 0.05) is 10.7 Å². The molecule has 4 heteroatoms. The van der Waals surface area contributed by atoms with Crippen LogP contribution in [0.1, 0.15) is 5.56 Å². The van der Waals surface area contributed by atoms with Crippen LogP contribution in [0.2, 0.25) is 5.02 Å². The van der Waals surface area contributed by atoms with E-state index in [9.17, 15) is 4.79 Å². The molecule has 1 amide bonds. The largest absolute Gasteiger partial charge is 0.491 e. The van der Waals surface area contributed by atoms with Crippen molar-refractivity contribution in [3.63, 3.8) is 0 Å². The molecule has 0 saturated heterocycles. The third-order valence-corrected chi connectivity index (χ3v) is 2.90. The molecule has 2 rings (SSSR count). The summed E-state index contributed by atoms with van der Waals surface area (Å²) in [5.41, 5.74) is 1.56. The zero-order valence-electron chi connectivity index (χ0n) is 11.0. The molecule has 3 nitrogen and oxygen atoms in total. The van der Waals surface area contributed by atoms with Gasteiger partial charge in [-0.3, -0.25) is 4.79 Å². The zero-order valence-corrected chi connectivity index (χ0v) is 11.7. The molecule has 0 fully saturated rings. The smallest absolute Gasteiger partial charge is 0.290 e. The number of ether oxygens (including phenoxy) is 1. The van der Waals surface area contributed by atoms with Crippen molar-refractivity contribution in [3.05, 3.63) is 70.9 Å². The number of para-hydroxylation sites is 1. The van der Waals surface area contributed by atoms with Gasteiger partial charge in [-0.1, -0.05) is 41.9 Å². The fraction of sp³-hybridized carbons (Fsp3) is 0.0625. The number of hydrogen-bond donors (Lipinski definition) is 1. The second kappa shape index (κ2) is 6.78. The van der Waals surface area contributed by atoms with E-state index < -0.39 is 0 Å². The van der Waals surface area contributed by atoms with Crippen molar-refractivity contribution in [2.75, 3.05) is 12.4 Å². The number of halogens is 1. The van der Waals surface area contributed by atoms with Crippen LogP contribution in [0.4, 0.5) is 5.69 Å². The Kier molecular flexibility index (Phi) is 4.80. The molecule has 2 aromatic carbocycles. The monoisotopic (exact) mass is 287 g/mol. The summed E-state index contributed by atoms with van der Waals surface area (Å²) in [4.78, 5) is 12.1. The predicted octanol–water partition coefficient (Wildman–Crippen LogP) is 3.97. The van der Waals surface area contributed by atoms with Gasteiger partial charge in [0.05, 0.1) is 7.11 Å². The van der Waals surface area contributed by atoms with Crippen LogP contribution in [-0.2, 0) is 9.53 Å². The maximum Gasteiger partial charge on any atom is 0.290 e. The zero-order chi connectivity index (χ0) is 14.4. The maximum absolute atomic E-state index is 12.1. The number of hydrogen-bond acceptors (Lipinski definition) is 2. The van der Waals surface area contributed by atoms with Crippen LogP contribution >= 0.6 is 11.6 Å².